The summed E-state index contributed by atoms with van der Waals surface area (Å²) in [6.45, 7) is 13.0. The minimum atomic E-state index is -5.19. The molecule has 8 nitrogen and oxygen atoms in total. The number of alkyl carbamates (subject to hydrolysis) is 1. The van der Waals surface area contributed by atoms with E-state index in [-0.39, 0.29) is 0 Å². The number of hydrogen-bond donors (Lipinski definition) is 2. The van der Waals surface area contributed by atoms with Crippen molar-refractivity contribution in [3.05, 3.63) is 41.8 Å². The standard InChI is InChI=1S/C23H30N4O2S.C2HF3O2/c1-6-27(7-2)17-9-11-19-21(15-17)30-20-14-16(8-10-18(20)26-19)24-12-13-25-22(28)29-23(3,4)5;3-2(4,5)1(6)7/h8-11,14-15H,6-7,12-13H2,1-5H3,(H,25,28);(H,6,7). The number of aromatic nitrogens is 1. The van der Waals surface area contributed by atoms with E-state index < -0.39 is 23.8 Å². The molecular formula is C25H31F3N4O4S. The molecule has 2 aliphatic rings. The van der Waals surface area contributed by atoms with Crippen LogP contribution in [-0.2, 0) is 9.53 Å². The van der Waals surface area contributed by atoms with Gasteiger partial charge in [0.05, 0.1) is 20.8 Å². The van der Waals surface area contributed by atoms with E-state index in [1.165, 1.54) is 10.2 Å². The summed E-state index contributed by atoms with van der Waals surface area (Å²) in [4.78, 5) is 26.5. The number of anilines is 1. The minimum absolute atomic E-state index is 0.398. The summed E-state index contributed by atoms with van der Waals surface area (Å²) in [6, 6.07) is 12.6. The highest BCUT2D eigenvalue weighted by molar-refractivity contribution is 7.21. The monoisotopic (exact) mass is 540 g/mol. The molecule has 37 heavy (non-hydrogen) atoms. The topological polar surface area (TPSA) is 106 Å². The van der Waals surface area contributed by atoms with E-state index >= 15 is 0 Å². The predicted octanol–water partition coefficient (Wildman–Crippen LogP) is 3.45. The maximum atomic E-state index is 11.7. The highest BCUT2D eigenvalue weighted by atomic mass is 32.1. The fraction of sp³-hybridized carbons (Fsp3) is 0.440. The van der Waals surface area contributed by atoms with Crippen LogP contribution in [0.25, 0.3) is 20.8 Å². The molecule has 0 saturated carbocycles. The van der Waals surface area contributed by atoms with Crippen LogP contribution >= 0.6 is 11.3 Å². The number of aliphatic carboxylic acids is 1. The van der Waals surface area contributed by atoms with Gasteiger partial charge in [-0.2, -0.15) is 13.2 Å². The lowest BCUT2D eigenvalue weighted by Gasteiger charge is -2.19. The maximum absolute atomic E-state index is 11.7. The van der Waals surface area contributed by atoms with Gasteiger partial charge in [0.25, 0.3) is 0 Å². The summed E-state index contributed by atoms with van der Waals surface area (Å²) in [5, 5.41) is 16.1. The molecular weight excluding hydrogens is 509 g/mol. The summed E-state index contributed by atoms with van der Waals surface area (Å²) in [5.41, 5.74) is 2.52. The molecule has 0 radical (unpaired) electrons. The number of carbonyl (C=O) groups is 2. The number of amides is 1. The average molecular weight is 541 g/mol. The summed E-state index contributed by atoms with van der Waals surface area (Å²) in [5.74, 6) is -3.01. The van der Waals surface area contributed by atoms with Crippen molar-refractivity contribution in [3.8, 4) is 10.6 Å². The van der Waals surface area contributed by atoms with Crippen LogP contribution in [-0.4, -0.2) is 55.0 Å². The van der Waals surface area contributed by atoms with Crippen molar-refractivity contribution in [2.75, 3.05) is 31.5 Å². The van der Waals surface area contributed by atoms with Crippen LogP contribution in [0.3, 0.4) is 0 Å². The zero-order chi connectivity index (χ0) is 27.8. The van der Waals surface area contributed by atoms with Gasteiger partial charge in [0.1, 0.15) is 24.7 Å². The molecule has 0 atom stereocenters. The van der Waals surface area contributed by atoms with Crippen molar-refractivity contribution in [3.63, 3.8) is 0 Å². The Morgan fingerprint density at radius 2 is 1.70 bits per heavy atom. The molecule has 0 unspecified atom stereocenters. The molecule has 0 fully saturated rings. The molecule has 0 bridgehead atoms. The molecule has 0 aromatic heterocycles. The summed E-state index contributed by atoms with van der Waals surface area (Å²) in [6.07, 6.45) is -5.59. The normalized spacial score (nSPS) is 11.5. The number of halogens is 3. The molecule has 1 aliphatic carbocycles. The lowest BCUT2D eigenvalue weighted by Crippen LogP contribution is -2.37. The van der Waals surface area contributed by atoms with Gasteiger partial charge in [0, 0.05) is 30.9 Å². The van der Waals surface area contributed by atoms with Gasteiger partial charge in [-0.15, -0.1) is 11.3 Å². The molecule has 1 aromatic rings. The van der Waals surface area contributed by atoms with Gasteiger partial charge < -0.3 is 25.3 Å². The van der Waals surface area contributed by atoms with Crippen LogP contribution in [0.4, 0.5) is 23.7 Å². The van der Waals surface area contributed by atoms with Crippen LogP contribution in [0.1, 0.15) is 34.6 Å². The Bertz CT molecular complexity index is 1260. The second-order valence-electron chi connectivity index (χ2n) is 8.86. The van der Waals surface area contributed by atoms with Crippen LogP contribution in [0.2, 0.25) is 0 Å². The van der Waals surface area contributed by atoms with Gasteiger partial charge in [-0.3, -0.25) is 0 Å². The molecule has 12 heteroatoms. The molecule has 2 N–H and O–H groups in total. The summed E-state index contributed by atoms with van der Waals surface area (Å²) < 4.78 is 40.3. The zero-order valence-corrected chi connectivity index (χ0v) is 22.2. The molecule has 1 heterocycles. The van der Waals surface area contributed by atoms with Gasteiger partial charge in [-0.05, 0) is 58.9 Å². The van der Waals surface area contributed by atoms with E-state index in [0.717, 1.165) is 34.7 Å². The Kier molecular flexibility index (Phi) is 10.2. The van der Waals surface area contributed by atoms with Crippen molar-refractivity contribution in [2.24, 2.45) is 0 Å². The summed E-state index contributed by atoms with van der Waals surface area (Å²) >= 11 is 1.75. The third-order valence-corrected chi connectivity index (χ3v) is 5.94. The number of benzene rings is 2. The Morgan fingerprint density at radius 1 is 1.05 bits per heavy atom. The fourth-order valence-electron chi connectivity index (χ4n) is 3.19. The molecule has 1 aliphatic heterocycles. The van der Waals surface area contributed by atoms with E-state index in [0.29, 0.717) is 13.1 Å². The molecule has 0 spiro atoms. The number of fused-ring (bicyclic) bond motifs is 2. The van der Waals surface area contributed by atoms with E-state index in [9.17, 15) is 18.0 Å². The van der Waals surface area contributed by atoms with Gasteiger partial charge in [0.2, 0.25) is 5.36 Å². The van der Waals surface area contributed by atoms with Crippen molar-refractivity contribution in [2.45, 2.75) is 46.4 Å². The number of hydrogen-bond acceptors (Lipinski definition) is 7. The van der Waals surface area contributed by atoms with Crippen LogP contribution < -0.4 is 25.7 Å². The molecule has 0 saturated heterocycles. The first-order valence-electron chi connectivity index (χ1n) is 11.6. The third-order valence-electron chi connectivity index (χ3n) is 4.85. The molecule has 3 rings (SSSR count). The smallest absolute Gasteiger partial charge is 0.430 e. The van der Waals surface area contributed by atoms with E-state index in [1.54, 1.807) is 11.3 Å². The van der Waals surface area contributed by atoms with Gasteiger partial charge in [-0.25, -0.2) is 14.4 Å². The molecule has 1 aromatic carbocycles. The second-order valence-corrected chi connectivity index (χ2v) is 9.95. The Morgan fingerprint density at radius 3 is 2.27 bits per heavy atom. The Hall–Kier alpha value is -3.41. The quantitative estimate of drug-likeness (QED) is 0.282. The Balaban J connectivity index is 0.000000604. The van der Waals surface area contributed by atoms with Crippen LogP contribution in [0, 0.1) is 0 Å². The largest absolute Gasteiger partial charge is 0.542 e. The molecule has 202 valence electrons. The lowest BCUT2D eigenvalue weighted by atomic mass is 10.2. The van der Waals surface area contributed by atoms with Gasteiger partial charge >= 0.3 is 12.3 Å². The predicted molar refractivity (Wildman–Crippen MR) is 136 cm³/mol. The van der Waals surface area contributed by atoms with E-state index in [1.807, 2.05) is 32.9 Å². The Labute approximate surface area is 217 Å². The number of carbonyl (C=O) groups excluding carboxylic acids is 2. The van der Waals surface area contributed by atoms with Crippen molar-refractivity contribution in [1.29, 1.82) is 0 Å². The maximum Gasteiger partial charge on any atom is 0.430 e. The van der Waals surface area contributed by atoms with Crippen molar-refractivity contribution < 1.29 is 32.6 Å². The van der Waals surface area contributed by atoms with Crippen LogP contribution in [0.15, 0.2) is 36.4 Å². The van der Waals surface area contributed by atoms with Gasteiger partial charge in [0.15, 0.2) is 0 Å². The highest BCUT2D eigenvalue weighted by Gasteiger charge is 2.28. The van der Waals surface area contributed by atoms with E-state index in [2.05, 4.69) is 53.3 Å². The summed E-state index contributed by atoms with van der Waals surface area (Å²) in [7, 11) is 0. The number of ether oxygens (including phenoxy) is 1. The first-order valence-corrected chi connectivity index (χ1v) is 12.5. The first-order chi connectivity index (χ1) is 17.2. The fourth-order valence-corrected chi connectivity index (χ4v) is 4.23. The van der Waals surface area contributed by atoms with Gasteiger partial charge in [-0.1, -0.05) is 0 Å². The third kappa shape index (κ3) is 9.52. The SMILES string of the molecule is CC[N+](CC)=c1ccc2nc3ccc(NCCNC(=O)OC(C)(C)C)cc3sc-2c1.O=C([O-])C(F)(F)F. The minimum Gasteiger partial charge on any atom is -0.542 e. The number of carboxylic acid groups (broad SMARTS) is 1. The second kappa shape index (κ2) is 12.7. The average Bonchev–Trinajstić information content (AvgIpc) is 2.80. The van der Waals surface area contributed by atoms with Crippen molar-refractivity contribution >= 4 is 39.3 Å². The lowest BCUT2D eigenvalue weighted by molar-refractivity contribution is -0.344. The van der Waals surface area contributed by atoms with E-state index in [4.69, 9.17) is 19.6 Å². The van der Waals surface area contributed by atoms with Crippen molar-refractivity contribution in [1.82, 2.24) is 14.9 Å². The highest BCUT2D eigenvalue weighted by Crippen LogP contribution is 2.30. The number of nitrogens with one attached hydrogen (secondary N) is 2. The number of rotatable bonds is 6. The number of carboxylic acids is 1. The number of alkyl halides is 3. The number of nitrogens with zero attached hydrogens (tertiary/aromatic N) is 2. The van der Waals surface area contributed by atoms with Crippen LogP contribution in [0.5, 0.6) is 0 Å². The molecule has 1 amide bonds. The first kappa shape index (κ1) is 29.8. The zero-order valence-electron chi connectivity index (χ0n) is 21.4.